The molecule has 0 aromatic heterocycles. The molecule has 1 fully saturated rings. The standard InChI is InChI=1S/C26H20ClF4N3O2S/c27-18-6-4-16(5-7-18)12-13-33-22(15-23(35)32-20-10-8-19(28)9-11-20)24(36)34(25(33)37)21-3-1-2-17(14-21)26(29,30)31/h1-11,14,22H,12-13,15H2,(H,32,35)/t22-/m1/s1. The van der Waals surface area contributed by atoms with Crippen LogP contribution in [0.2, 0.25) is 5.02 Å². The summed E-state index contributed by atoms with van der Waals surface area (Å²) in [5, 5.41) is 3.16. The second-order valence-corrected chi connectivity index (χ2v) is 9.15. The highest BCUT2D eigenvalue weighted by Gasteiger charge is 2.44. The van der Waals surface area contributed by atoms with Gasteiger partial charge in [0.2, 0.25) is 5.91 Å². The molecular formula is C26H20ClF4N3O2S. The van der Waals surface area contributed by atoms with Crippen LogP contribution in [0.5, 0.6) is 0 Å². The Morgan fingerprint density at radius 2 is 1.70 bits per heavy atom. The van der Waals surface area contributed by atoms with Gasteiger partial charge in [0.25, 0.3) is 5.91 Å². The van der Waals surface area contributed by atoms with Crippen LogP contribution in [0, 0.1) is 5.82 Å². The zero-order valence-corrected chi connectivity index (χ0v) is 20.7. The lowest BCUT2D eigenvalue weighted by Crippen LogP contribution is -2.39. The molecule has 0 aliphatic carbocycles. The van der Waals surface area contributed by atoms with Gasteiger partial charge in [0.15, 0.2) is 5.11 Å². The fourth-order valence-corrected chi connectivity index (χ4v) is 4.51. The molecule has 1 aliphatic heterocycles. The SMILES string of the molecule is O=C(C[C@@H]1C(=O)N(c2cccc(C(F)(F)F)c2)C(=S)N1CCc1ccc(Cl)cc1)Nc1ccc(F)cc1. The molecule has 5 nitrogen and oxygen atoms in total. The quantitative estimate of drug-likeness (QED) is 0.287. The number of anilines is 2. The summed E-state index contributed by atoms with van der Waals surface area (Å²) in [5.74, 6) is -1.62. The van der Waals surface area contributed by atoms with Crippen LogP contribution in [-0.4, -0.2) is 34.4 Å². The molecule has 1 aliphatic rings. The maximum atomic E-state index is 13.4. The van der Waals surface area contributed by atoms with Crippen LogP contribution >= 0.6 is 23.8 Å². The number of nitrogens with zero attached hydrogens (tertiary/aromatic N) is 2. The van der Waals surface area contributed by atoms with Gasteiger partial charge in [-0.05, 0) is 78.8 Å². The Balaban J connectivity index is 1.59. The summed E-state index contributed by atoms with van der Waals surface area (Å²) in [6.07, 6.45) is -4.48. The highest BCUT2D eigenvalue weighted by molar-refractivity contribution is 7.80. The smallest absolute Gasteiger partial charge is 0.336 e. The van der Waals surface area contributed by atoms with E-state index in [0.29, 0.717) is 17.1 Å². The minimum Gasteiger partial charge on any atom is -0.336 e. The van der Waals surface area contributed by atoms with E-state index in [9.17, 15) is 27.2 Å². The van der Waals surface area contributed by atoms with Crippen LogP contribution in [0.4, 0.5) is 28.9 Å². The number of benzene rings is 3. The van der Waals surface area contributed by atoms with Gasteiger partial charge in [-0.15, -0.1) is 0 Å². The number of halogens is 5. The largest absolute Gasteiger partial charge is 0.416 e. The number of hydrogen-bond acceptors (Lipinski definition) is 3. The van der Waals surface area contributed by atoms with Gasteiger partial charge < -0.3 is 10.2 Å². The van der Waals surface area contributed by atoms with Crippen molar-refractivity contribution in [2.75, 3.05) is 16.8 Å². The number of carbonyl (C=O) groups excluding carboxylic acids is 2. The van der Waals surface area contributed by atoms with E-state index in [4.69, 9.17) is 23.8 Å². The topological polar surface area (TPSA) is 52.7 Å². The minimum absolute atomic E-state index is 0.00197. The van der Waals surface area contributed by atoms with E-state index in [1.807, 2.05) is 12.1 Å². The van der Waals surface area contributed by atoms with E-state index in [2.05, 4.69) is 5.32 Å². The van der Waals surface area contributed by atoms with Crippen LogP contribution in [0.1, 0.15) is 17.5 Å². The van der Waals surface area contributed by atoms with Crippen molar-refractivity contribution in [1.82, 2.24) is 4.90 Å². The number of hydrogen-bond donors (Lipinski definition) is 1. The number of carbonyl (C=O) groups is 2. The van der Waals surface area contributed by atoms with E-state index >= 15 is 0 Å². The third-order valence-electron chi connectivity index (χ3n) is 5.81. The number of amides is 2. The Morgan fingerprint density at radius 1 is 1.03 bits per heavy atom. The van der Waals surface area contributed by atoms with E-state index in [0.717, 1.165) is 22.6 Å². The molecule has 0 bridgehead atoms. The lowest BCUT2D eigenvalue weighted by Gasteiger charge is -2.24. The van der Waals surface area contributed by atoms with Crippen molar-refractivity contribution in [3.8, 4) is 0 Å². The van der Waals surface area contributed by atoms with E-state index in [1.165, 1.54) is 41.3 Å². The van der Waals surface area contributed by atoms with Gasteiger partial charge in [0.05, 0.1) is 17.7 Å². The van der Waals surface area contributed by atoms with Gasteiger partial charge in [0, 0.05) is 17.3 Å². The molecule has 1 N–H and O–H groups in total. The second-order valence-electron chi connectivity index (χ2n) is 8.35. The summed E-state index contributed by atoms with van der Waals surface area (Å²) in [6.45, 7) is 0.232. The molecule has 2 amide bonds. The first kappa shape index (κ1) is 26.6. The van der Waals surface area contributed by atoms with Crippen molar-refractivity contribution in [2.24, 2.45) is 0 Å². The highest BCUT2D eigenvalue weighted by atomic mass is 35.5. The number of rotatable bonds is 7. The molecule has 0 saturated carbocycles. The lowest BCUT2D eigenvalue weighted by molar-refractivity contribution is -0.137. The molecule has 0 radical (unpaired) electrons. The minimum atomic E-state index is -4.61. The predicted octanol–water partition coefficient (Wildman–Crippen LogP) is 6.07. The zero-order valence-electron chi connectivity index (χ0n) is 19.1. The fraction of sp³-hybridized carbons (Fsp3) is 0.192. The Morgan fingerprint density at radius 3 is 2.35 bits per heavy atom. The maximum Gasteiger partial charge on any atom is 0.416 e. The third-order valence-corrected chi connectivity index (χ3v) is 6.48. The van der Waals surface area contributed by atoms with Gasteiger partial charge in [-0.25, -0.2) is 4.39 Å². The first-order chi connectivity index (χ1) is 17.5. The van der Waals surface area contributed by atoms with Gasteiger partial charge in [-0.1, -0.05) is 29.8 Å². The second kappa shape index (κ2) is 10.9. The number of nitrogens with one attached hydrogen (secondary N) is 1. The van der Waals surface area contributed by atoms with Crippen LogP contribution in [-0.2, 0) is 22.2 Å². The van der Waals surface area contributed by atoms with Crippen molar-refractivity contribution in [1.29, 1.82) is 0 Å². The summed E-state index contributed by atoms with van der Waals surface area (Å²) in [6, 6.07) is 15.4. The first-order valence-electron chi connectivity index (χ1n) is 11.1. The van der Waals surface area contributed by atoms with Crippen LogP contribution in [0.15, 0.2) is 72.8 Å². The monoisotopic (exact) mass is 549 g/mol. The maximum absolute atomic E-state index is 13.4. The number of alkyl halides is 3. The summed E-state index contributed by atoms with van der Waals surface area (Å²) in [7, 11) is 0. The summed E-state index contributed by atoms with van der Waals surface area (Å²) in [5.41, 5.74) is 0.266. The van der Waals surface area contributed by atoms with Crippen molar-refractivity contribution < 1.29 is 27.2 Å². The molecule has 1 saturated heterocycles. The van der Waals surface area contributed by atoms with Crippen LogP contribution < -0.4 is 10.2 Å². The fourth-order valence-electron chi connectivity index (χ4n) is 3.97. The summed E-state index contributed by atoms with van der Waals surface area (Å²) < 4.78 is 53.1. The van der Waals surface area contributed by atoms with Crippen molar-refractivity contribution in [2.45, 2.75) is 25.1 Å². The molecule has 3 aromatic carbocycles. The molecule has 1 heterocycles. The Kier molecular flexibility index (Phi) is 7.79. The number of thiocarbonyl (C=S) groups is 1. The van der Waals surface area contributed by atoms with Crippen molar-refractivity contribution in [3.63, 3.8) is 0 Å². The molecule has 4 rings (SSSR count). The first-order valence-corrected chi connectivity index (χ1v) is 11.9. The summed E-state index contributed by atoms with van der Waals surface area (Å²) in [4.78, 5) is 28.8. The average Bonchev–Trinajstić information content (AvgIpc) is 3.08. The van der Waals surface area contributed by atoms with E-state index < -0.39 is 35.4 Å². The predicted molar refractivity (Wildman–Crippen MR) is 137 cm³/mol. The Hall–Kier alpha value is -3.50. The van der Waals surface area contributed by atoms with Crippen LogP contribution in [0.3, 0.4) is 0 Å². The molecule has 37 heavy (non-hydrogen) atoms. The Bertz CT molecular complexity index is 1320. The molecular weight excluding hydrogens is 530 g/mol. The molecule has 192 valence electrons. The molecule has 0 spiro atoms. The zero-order chi connectivity index (χ0) is 26.7. The third kappa shape index (κ3) is 6.26. The average molecular weight is 550 g/mol. The van der Waals surface area contributed by atoms with Crippen molar-refractivity contribution in [3.05, 3.63) is 94.8 Å². The van der Waals surface area contributed by atoms with E-state index in [-0.39, 0.29) is 23.8 Å². The molecule has 0 unspecified atom stereocenters. The van der Waals surface area contributed by atoms with Crippen LogP contribution in [0.25, 0.3) is 0 Å². The molecule has 3 aromatic rings. The molecule has 1 atom stereocenters. The van der Waals surface area contributed by atoms with Gasteiger partial charge in [0.1, 0.15) is 11.9 Å². The highest BCUT2D eigenvalue weighted by Crippen LogP contribution is 2.34. The lowest BCUT2D eigenvalue weighted by atomic mass is 10.1. The molecule has 11 heteroatoms. The van der Waals surface area contributed by atoms with E-state index in [1.54, 1.807) is 12.1 Å². The van der Waals surface area contributed by atoms with Gasteiger partial charge in [-0.2, -0.15) is 13.2 Å². The van der Waals surface area contributed by atoms with Crippen molar-refractivity contribution >= 4 is 52.1 Å². The van der Waals surface area contributed by atoms with Gasteiger partial charge in [-0.3, -0.25) is 14.5 Å². The Labute approximate surface area is 220 Å². The van der Waals surface area contributed by atoms with Gasteiger partial charge >= 0.3 is 6.18 Å². The summed E-state index contributed by atoms with van der Waals surface area (Å²) >= 11 is 11.5. The normalized spacial score (nSPS) is 15.9.